The molecular weight excluding hydrogens is 421 g/mol. The SMILES string of the molecule is CN=C(NCCCc1cnn(C)c1)NCC(C)c1cccs1.I. The second-order valence-electron chi connectivity index (χ2n) is 5.42. The van der Waals surface area contributed by atoms with E-state index < -0.39 is 0 Å². The fraction of sp³-hybridized carbons (Fsp3) is 0.500. The molecule has 0 spiro atoms. The van der Waals surface area contributed by atoms with Gasteiger partial charge in [-0.15, -0.1) is 35.3 Å². The third-order valence-corrected chi connectivity index (χ3v) is 4.63. The van der Waals surface area contributed by atoms with Gasteiger partial charge in [0.15, 0.2) is 5.96 Å². The highest BCUT2D eigenvalue weighted by molar-refractivity contribution is 14.0. The van der Waals surface area contributed by atoms with E-state index in [0.717, 1.165) is 31.9 Å². The monoisotopic (exact) mass is 447 g/mol. The Morgan fingerprint density at radius 3 is 2.87 bits per heavy atom. The molecule has 2 aromatic rings. The number of aromatic nitrogens is 2. The summed E-state index contributed by atoms with van der Waals surface area (Å²) in [4.78, 5) is 5.67. The predicted octanol–water partition coefficient (Wildman–Crippen LogP) is 3.00. The molecule has 0 fully saturated rings. The maximum absolute atomic E-state index is 4.27. The number of aryl methyl sites for hydroxylation is 2. The fourth-order valence-corrected chi connectivity index (χ4v) is 3.03. The molecule has 0 aliphatic rings. The number of hydrogen-bond acceptors (Lipinski definition) is 3. The smallest absolute Gasteiger partial charge is 0.190 e. The Morgan fingerprint density at radius 2 is 2.26 bits per heavy atom. The topological polar surface area (TPSA) is 54.2 Å². The lowest BCUT2D eigenvalue weighted by molar-refractivity contribution is 0.695. The van der Waals surface area contributed by atoms with Gasteiger partial charge in [0.2, 0.25) is 0 Å². The van der Waals surface area contributed by atoms with Gasteiger partial charge >= 0.3 is 0 Å². The van der Waals surface area contributed by atoms with Crippen LogP contribution in [-0.4, -0.2) is 35.9 Å². The average Bonchev–Trinajstić information content (AvgIpc) is 3.18. The van der Waals surface area contributed by atoms with Gasteiger partial charge in [-0.1, -0.05) is 13.0 Å². The van der Waals surface area contributed by atoms with E-state index >= 15 is 0 Å². The zero-order chi connectivity index (χ0) is 15.8. The summed E-state index contributed by atoms with van der Waals surface area (Å²) in [5, 5.41) is 13.1. The standard InChI is InChI=1S/C16H25N5S.HI/c1-13(15-7-5-9-22-15)10-19-16(17-2)18-8-4-6-14-11-20-21(3)12-14;/h5,7,9,11-13H,4,6,8,10H2,1-3H3,(H2,17,18,19);1H. The number of guanidine groups is 1. The van der Waals surface area contributed by atoms with E-state index in [1.165, 1.54) is 10.4 Å². The van der Waals surface area contributed by atoms with E-state index in [4.69, 9.17) is 0 Å². The van der Waals surface area contributed by atoms with Crippen molar-refractivity contribution in [1.29, 1.82) is 0 Å². The lowest BCUT2D eigenvalue weighted by Crippen LogP contribution is -2.39. The van der Waals surface area contributed by atoms with Crippen molar-refractivity contribution in [2.24, 2.45) is 12.0 Å². The molecule has 0 radical (unpaired) electrons. The van der Waals surface area contributed by atoms with Gasteiger partial charge in [-0.2, -0.15) is 5.10 Å². The highest BCUT2D eigenvalue weighted by Crippen LogP contribution is 2.19. The minimum Gasteiger partial charge on any atom is -0.356 e. The Morgan fingerprint density at radius 1 is 1.43 bits per heavy atom. The van der Waals surface area contributed by atoms with Crippen LogP contribution < -0.4 is 10.6 Å². The number of hydrogen-bond donors (Lipinski definition) is 2. The number of aliphatic imine (C=N–C) groups is 1. The first-order chi connectivity index (χ1) is 10.7. The molecule has 2 rings (SSSR count). The molecule has 2 N–H and O–H groups in total. The number of nitrogens with zero attached hydrogens (tertiary/aromatic N) is 3. The summed E-state index contributed by atoms with van der Waals surface area (Å²) in [5.74, 6) is 1.36. The van der Waals surface area contributed by atoms with Crippen LogP contribution in [0.5, 0.6) is 0 Å². The Hall–Kier alpha value is -1.09. The molecule has 0 amide bonds. The van der Waals surface area contributed by atoms with Crippen LogP contribution in [0.1, 0.15) is 29.7 Å². The summed E-state index contributed by atoms with van der Waals surface area (Å²) < 4.78 is 1.84. The third kappa shape index (κ3) is 6.90. The second-order valence-corrected chi connectivity index (χ2v) is 6.40. The first kappa shape index (κ1) is 20.0. The van der Waals surface area contributed by atoms with Crippen LogP contribution in [0.3, 0.4) is 0 Å². The van der Waals surface area contributed by atoms with Crippen LogP contribution in [0.25, 0.3) is 0 Å². The Balaban J connectivity index is 0.00000264. The van der Waals surface area contributed by atoms with E-state index in [2.05, 4.69) is 51.4 Å². The van der Waals surface area contributed by atoms with Gasteiger partial charge < -0.3 is 10.6 Å². The van der Waals surface area contributed by atoms with Crippen molar-refractivity contribution in [2.45, 2.75) is 25.7 Å². The van der Waals surface area contributed by atoms with Crippen molar-refractivity contribution >= 4 is 41.3 Å². The zero-order valence-electron chi connectivity index (χ0n) is 14.0. The highest BCUT2D eigenvalue weighted by atomic mass is 127. The molecule has 7 heteroatoms. The average molecular weight is 447 g/mol. The molecule has 0 bridgehead atoms. The van der Waals surface area contributed by atoms with E-state index in [0.29, 0.717) is 5.92 Å². The van der Waals surface area contributed by atoms with Gasteiger partial charge in [0.25, 0.3) is 0 Å². The molecule has 1 atom stereocenters. The molecule has 0 aliphatic carbocycles. The number of nitrogens with one attached hydrogen (secondary N) is 2. The van der Waals surface area contributed by atoms with Gasteiger partial charge in [0.1, 0.15) is 0 Å². The molecule has 5 nitrogen and oxygen atoms in total. The van der Waals surface area contributed by atoms with E-state index in [9.17, 15) is 0 Å². The van der Waals surface area contributed by atoms with Gasteiger partial charge in [0, 0.05) is 44.2 Å². The van der Waals surface area contributed by atoms with Crippen molar-refractivity contribution in [3.63, 3.8) is 0 Å². The summed E-state index contributed by atoms with van der Waals surface area (Å²) in [5.41, 5.74) is 1.28. The van der Waals surface area contributed by atoms with Crippen LogP contribution in [0.2, 0.25) is 0 Å². The molecule has 23 heavy (non-hydrogen) atoms. The number of rotatable bonds is 7. The largest absolute Gasteiger partial charge is 0.356 e. The lowest BCUT2D eigenvalue weighted by atomic mass is 10.1. The van der Waals surface area contributed by atoms with Gasteiger partial charge in [0.05, 0.1) is 6.20 Å². The minimum atomic E-state index is 0. The van der Waals surface area contributed by atoms with E-state index in [1.807, 2.05) is 25.0 Å². The van der Waals surface area contributed by atoms with Crippen LogP contribution in [-0.2, 0) is 13.5 Å². The maximum atomic E-state index is 4.27. The third-order valence-electron chi connectivity index (χ3n) is 3.52. The number of halogens is 1. The maximum Gasteiger partial charge on any atom is 0.190 e. The quantitative estimate of drug-likeness (QED) is 0.297. The molecule has 0 saturated heterocycles. The Bertz CT molecular complexity index is 579. The highest BCUT2D eigenvalue weighted by Gasteiger charge is 2.07. The van der Waals surface area contributed by atoms with Crippen molar-refractivity contribution < 1.29 is 0 Å². The van der Waals surface area contributed by atoms with E-state index in [-0.39, 0.29) is 24.0 Å². The zero-order valence-corrected chi connectivity index (χ0v) is 17.1. The predicted molar refractivity (Wildman–Crippen MR) is 109 cm³/mol. The Labute approximate surface area is 159 Å². The normalized spacial score (nSPS) is 12.6. The van der Waals surface area contributed by atoms with Gasteiger partial charge in [-0.05, 0) is 29.9 Å². The first-order valence-electron chi connectivity index (χ1n) is 7.64. The first-order valence-corrected chi connectivity index (χ1v) is 8.52. The van der Waals surface area contributed by atoms with Crippen LogP contribution in [0, 0.1) is 0 Å². The van der Waals surface area contributed by atoms with Gasteiger partial charge in [-0.3, -0.25) is 9.67 Å². The summed E-state index contributed by atoms with van der Waals surface area (Å²) in [7, 11) is 3.76. The van der Waals surface area contributed by atoms with Gasteiger partial charge in [-0.25, -0.2) is 0 Å². The number of thiophene rings is 1. The Kier molecular flexibility index (Phi) is 9.23. The molecule has 0 aliphatic heterocycles. The second kappa shape index (κ2) is 10.6. The van der Waals surface area contributed by atoms with Crippen LogP contribution >= 0.6 is 35.3 Å². The van der Waals surface area contributed by atoms with Crippen molar-refractivity contribution in [2.75, 3.05) is 20.1 Å². The summed E-state index contributed by atoms with van der Waals surface area (Å²) >= 11 is 1.80. The summed E-state index contributed by atoms with van der Waals surface area (Å²) in [6.45, 7) is 4.03. The fourth-order valence-electron chi connectivity index (χ4n) is 2.24. The van der Waals surface area contributed by atoms with Crippen molar-refractivity contribution in [3.8, 4) is 0 Å². The summed E-state index contributed by atoms with van der Waals surface area (Å²) in [6, 6.07) is 4.28. The van der Waals surface area contributed by atoms with Crippen molar-refractivity contribution in [3.05, 3.63) is 40.3 Å². The van der Waals surface area contributed by atoms with Crippen LogP contribution in [0.4, 0.5) is 0 Å². The minimum absolute atomic E-state index is 0. The molecule has 0 saturated carbocycles. The molecule has 2 aromatic heterocycles. The molecular formula is C16H26IN5S. The molecule has 0 aromatic carbocycles. The molecule has 128 valence electrons. The lowest BCUT2D eigenvalue weighted by Gasteiger charge is -2.15. The van der Waals surface area contributed by atoms with Crippen molar-refractivity contribution in [1.82, 2.24) is 20.4 Å². The summed E-state index contributed by atoms with van der Waals surface area (Å²) in [6.07, 6.45) is 6.09. The molecule has 1 unspecified atom stereocenters. The van der Waals surface area contributed by atoms with Crippen LogP contribution in [0.15, 0.2) is 34.9 Å². The molecule has 2 heterocycles. The van der Waals surface area contributed by atoms with E-state index in [1.54, 1.807) is 11.3 Å².